The van der Waals surface area contributed by atoms with Gasteiger partial charge in [0.25, 0.3) is 5.91 Å². The maximum atomic E-state index is 12.7. The van der Waals surface area contributed by atoms with Crippen LogP contribution in [0.5, 0.6) is 0 Å². The minimum Gasteiger partial charge on any atom is -0.702 e. The first-order valence-electron chi connectivity index (χ1n) is 13.8. The molecule has 1 fully saturated rings. The molecule has 4 N–H and O–H groups in total. The average Bonchev–Trinajstić information content (AvgIpc) is 2.88. The highest BCUT2D eigenvalue weighted by Crippen LogP contribution is 2.25. The van der Waals surface area contributed by atoms with E-state index in [1.54, 1.807) is 12.1 Å². The number of nitrogens with one attached hydrogen (secondary N) is 4. The van der Waals surface area contributed by atoms with Crippen LogP contribution in [0, 0.1) is 19.8 Å². The van der Waals surface area contributed by atoms with E-state index in [-0.39, 0.29) is 17.9 Å². The second-order valence-corrected chi connectivity index (χ2v) is 11.3. The molecule has 0 spiro atoms. The zero-order chi connectivity index (χ0) is 29.4. The lowest BCUT2D eigenvalue weighted by molar-refractivity contribution is -0.126. The first-order chi connectivity index (χ1) is 18.8. The fourth-order valence-corrected chi connectivity index (χ4v) is 4.64. The molecule has 0 atom stereocenters. The van der Waals surface area contributed by atoms with Crippen LogP contribution >= 0.6 is 0 Å². The Morgan fingerprint density at radius 1 is 0.975 bits per heavy atom. The zero-order valence-electron chi connectivity index (χ0n) is 24.3. The molecule has 3 amide bonds. The number of nitrogens with zero attached hydrogens (tertiary/aromatic N) is 2. The van der Waals surface area contributed by atoms with Gasteiger partial charge in [-0.2, -0.15) is 5.70 Å². The molecule has 216 valence electrons. The van der Waals surface area contributed by atoms with Gasteiger partial charge in [0, 0.05) is 28.9 Å². The lowest BCUT2D eigenvalue weighted by Gasteiger charge is -2.29. The number of ether oxygens (including phenoxy) is 1. The van der Waals surface area contributed by atoms with Crippen molar-refractivity contribution in [1.82, 2.24) is 26.1 Å². The average molecular weight is 550 g/mol. The Hall–Kier alpha value is -3.95. The van der Waals surface area contributed by atoms with E-state index in [4.69, 9.17) is 10.5 Å². The number of aryl methyl sites for hydroxylation is 2. The molecule has 0 aliphatic heterocycles. The van der Waals surface area contributed by atoms with Gasteiger partial charge in [-0.05, 0) is 96.1 Å². The minimum atomic E-state index is -0.560. The van der Waals surface area contributed by atoms with Crippen LogP contribution in [0.1, 0.15) is 92.9 Å². The fourth-order valence-electron chi connectivity index (χ4n) is 4.64. The van der Waals surface area contributed by atoms with Crippen molar-refractivity contribution in [3.05, 3.63) is 70.1 Å². The number of carbonyl (C=O) groups is 3. The summed E-state index contributed by atoms with van der Waals surface area (Å²) in [6.07, 6.45) is 3.12. The van der Waals surface area contributed by atoms with Crippen LogP contribution in [-0.2, 0) is 16.0 Å². The van der Waals surface area contributed by atoms with Gasteiger partial charge in [0.15, 0.2) is 5.82 Å². The molecule has 40 heavy (non-hydrogen) atoms. The molecule has 0 saturated heterocycles. The van der Waals surface area contributed by atoms with Crippen LogP contribution in [-0.4, -0.2) is 39.5 Å². The van der Waals surface area contributed by atoms with Crippen LogP contribution in [0.25, 0.3) is 11.3 Å². The molecule has 1 aromatic heterocycles. The Morgan fingerprint density at radius 3 is 2.12 bits per heavy atom. The number of allylic oxidation sites excluding steroid dienone is 2. The molecule has 2 aromatic rings. The summed E-state index contributed by atoms with van der Waals surface area (Å²) in [5.41, 5.74) is 17.2. The van der Waals surface area contributed by atoms with Crippen LogP contribution in [0.4, 0.5) is 4.79 Å². The standard InChI is InChI=1S/C30H42N6O4/c1-7-25(31)24(26-32-18(2)16-19(3)33-26)17-20-8-10-21(11-9-20)27(37)35-36-28(38)22-12-14-23(15-13-22)34-29(39)40-30(4,5)6/h8-11,16,22-23H,7,12-15,17H2,1-6H3,(H5,31,32,33,34,35,36,37,38,39)/p-1. The number of carbonyl (C=O) groups excluding carboxylic acids is 3. The maximum absolute atomic E-state index is 12.7. The molecule has 10 heteroatoms. The molecular weight excluding hydrogens is 508 g/mol. The van der Waals surface area contributed by atoms with Gasteiger partial charge in [0.05, 0.1) is 0 Å². The van der Waals surface area contributed by atoms with Crippen molar-refractivity contribution in [1.29, 1.82) is 0 Å². The third-order valence-electron chi connectivity index (χ3n) is 6.69. The molecule has 1 aromatic carbocycles. The molecule has 1 aliphatic carbocycles. The topological polar surface area (TPSA) is 146 Å². The molecule has 3 rings (SSSR count). The van der Waals surface area contributed by atoms with E-state index in [0.717, 1.165) is 22.5 Å². The Bertz CT molecular complexity index is 1220. The first kappa shape index (κ1) is 30.6. The van der Waals surface area contributed by atoms with Crippen molar-refractivity contribution in [3.63, 3.8) is 0 Å². The van der Waals surface area contributed by atoms with Crippen LogP contribution in [0.2, 0.25) is 0 Å². The maximum Gasteiger partial charge on any atom is 0.407 e. The normalized spacial score (nSPS) is 17.9. The smallest absolute Gasteiger partial charge is 0.407 e. The van der Waals surface area contributed by atoms with E-state index < -0.39 is 17.6 Å². The first-order valence-corrected chi connectivity index (χ1v) is 13.8. The summed E-state index contributed by atoms with van der Waals surface area (Å²) in [5.74, 6) is -0.340. The summed E-state index contributed by atoms with van der Waals surface area (Å²) >= 11 is 0. The third kappa shape index (κ3) is 9.07. The van der Waals surface area contributed by atoms with Gasteiger partial charge in [0.1, 0.15) is 5.60 Å². The highest BCUT2D eigenvalue weighted by Gasteiger charge is 2.28. The van der Waals surface area contributed by atoms with Gasteiger partial charge >= 0.3 is 6.09 Å². The van der Waals surface area contributed by atoms with E-state index in [0.29, 0.717) is 55.6 Å². The molecule has 10 nitrogen and oxygen atoms in total. The summed E-state index contributed by atoms with van der Waals surface area (Å²) in [6, 6.07) is 8.92. The van der Waals surface area contributed by atoms with Crippen molar-refractivity contribution in [2.45, 2.75) is 91.7 Å². The van der Waals surface area contributed by atoms with Crippen molar-refractivity contribution < 1.29 is 19.1 Å². The van der Waals surface area contributed by atoms with E-state index in [2.05, 4.69) is 26.1 Å². The largest absolute Gasteiger partial charge is 0.702 e. The lowest BCUT2D eigenvalue weighted by Crippen LogP contribution is -2.47. The van der Waals surface area contributed by atoms with Crippen LogP contribution in [0.3, 0.4) is 0 Å². The SMILES string of the molecule is CC/C([NH-])=C(\Cc1ccc(C(=O)NNC(=O)C2CCC(NC(=O)OC(C)(C)C)CC2)cc1)c1nc(C)cc(C)n1. The Kier molecular flexibility index (Phi) is 10.3. The number of hydrogen-bond acceptors (Lipinski definition) is 6. The van der Waals surface area contributed by atoms with Crippen molar-refractivity contribution in [2.24, 2.45) is 5.92 Å². The highest BCUT2D eigenvalue weighted by atomic mass is 16.6. The van der Waals surface area contributed by atoms with Gasteiger partial charge in [0.2, 0.25) is 5.91 Å². The van der Waals surface area contributed by atoms with E-state index in [1.165, 1.54) is 0 Å². The third-order valence-corrected chi connectivity index (χ3v) is 6.69. The van der Waals surface area contributed by atoms with Gasteiger partial charge in [-0.1, -0.05) is 25.5 Å². The van der Waals surface area contributed by atoms with Gasteiger partial charge in [-0.15, -0.1) is 0 Å². The van der Waals surface area contributed by atoms with Crippen LogP contribution < -0.4 is 16.2 Å². The Balaban J connectivity index is 1.51. The summed E-state index contributed by atoms with van der Waals surface area (Å²) in [7, 11) is 0. The zero-order valence-corrected chi connectivity index (χ0v) is 24.3. The molecule has 1 heterocycles. The lowest BCUT2D eigenvalue weighted by atomic mass is 9.85. The predicted octanol–water partition coefficient (Wildman–Crippen LogP) is 5.35. The van der Waals surface area contributed by atoms with E-state index in [1.807, 2.05) is 59.7 Å². The van der Waals surface area contributed by atoms with Crippen LogP contribution in [0.15, 0.2) is 36.0 Å². The number of aromatic nitrogens is 2. The highest BCUT2D eigenvalue weighted by molar-refractivity contribution is 5.95. The quantitative estimate of drug-likeness (QED) is 0.397. The second kappa shape index (κ2) is 13.4. The van der Waals surface area contributed by atoms with Gasteiger partial charge < -0.3 is 15.8 Å². The minimum absolute atomic E-state index is 0.0349. The van der Waals surface area contributed by atoms with E-state index in [9.17, 15) is 14.4 Å². The second-order valence-electron chi connectivity index (χ2n) is 11.3. The number of hydrogen-bond donors (Lipinski definition) is 3. The number of rotatable bonds is 7. The molecular formula is C30H41N6O4-. The van der Waals surface area contributed by atoms with Gasteiger partial charge in [-0.25, -0.2) is 14.8 Å². The van der Waals surface area contributed by atoms with Crippen molar-refractivity contribution >= 4 is 23.5 Å². The van der Waals surface area contributed by atoms with Crippen molar-refractivity contribution in [2.75, 3.05) is 0 Å². The van der Waals surface area contributed by atoms with Crippen molar-refractivity contribution in [3.8, 4) is 0 Å². The molecule has 1 saturated carbocycles. The Labute approximate surface area is 236 Å². The number of benzene rings is 1. The summed E-state index contributed by atoms with van der Waals surface area (Å²) in [4.78, 5) is 46.3. The summed E-state index contributed by atoms with van der Waals surface area (Å²) in [5, 5.41) is 2.86. The summed E-state index contributed by atoms with van der Waals surface area (Å²) < 4.78 is 5.30. The number of hydrazine groups is 1. The van der Waals surface area contributed by atoms with E-state index >= 15 is 0 Å². The predicted molar refractivity (Wildman–Crippen MR) is 154 cm³/mol. The number of amides is 3. The molecule has 0 radical (unpaired) electrons. The molecule has 1 aliphatic rings. The summed E-state index contributed by atoms with van der Waals surface area (Å²) in [6.45, 7) is 11.2. The fraction of sp³-hybridized carbons (Fsp3) is 0.500. The van der Waals surface area contributed by atoms with Gasteiger partial charge in [-0.3, -0.25) is 20.4 Å². The molecule has 0 unspecified atom stereocenters. The monoisotopic (exact) mass is 549 g/mol. The Morgan fingerprint density at radius 2 is 1.57 bits per heavy atom. The molecule has 0 bridgehead atoms. The number of alkyl carbamates (subject to hydrolysis) is 1.